The van der Waals surface area contributed by atoms with Gasteiger partial charge in [0.15, 0.2) is 5.13 Å². The van der Waals surface area contributed by atoms with Crippen molar-refractivity contribution in [2.75, 3.05) is 32.5 Å². The molecule has 3 heterocycles. The van der Waals surface area contributed by atoms with Crippen molar-refractivity contribution in [2.45, 2.75) is 13.0 Å². The summed E-state index contributed by atoms with van der Waals surface area (Å²) in [5.41, 5.74) is 1.27. The molecule has 2 N–H and O–H groups in total. The van der Waals surface area contributed by atoms with Crippen molar-refractivity contribution in [1.82, 2.24) is 24.8 Å². The first-order chi connectivity index (χ1) is 15.9. The Morgan fingerprint density at radius 3 is 2.91 bits per heavy atom. The highest BCUT2D eigenvalue weighted by atomic mass is 35.5. The highest BCUT2D eigenvalue weighted by Crippen LogP contribution is 2.27. The summed E-state index contributed by atoms with van der Waals surface area (Å²) in [6, 6.07) is 5.65. The van der Waals surface area contributed by atoms with Gasteiger partial charge in [-0.25, -0.2) is 14.4 Å². The topological polar surface area (TPSA) is 96.0 Å². The van der Waals surface area contributed by atoms with E-state index in [1.165, 1.54) is 29.5 Å². The third-order valence-corrected chi connectivity index (χ3v) is 5.83. The van der Waals surface area contributed by atoms with Crippen LogP contribution in [0.4, 0.5) is 9.52 Å². The van der Waals surface area contributed by atoms with E-state index in [0.717, 1.165) is 24.6 Å². The maximum atomic E-state index is 13.3. The lowest BCUT2D eigenvalue weighted by molar-refractivity contribution is 0.295. The van der Waals surface area contributed by atoms with Crippen molar-refractivity contribution >= 4 is 39.0 Å². The fourth-order valence-corrected chi connectivity index (χ4v) is 4.03. The SMILES string of the molecule is CN(C)CCCNc1nc(-c2nccc3c(=O)[nH]c(COc4ccc(F)c(Cl)c4)nc23)cs1. The number of benzene rings is 1. The predicted molar refractivity (Wildman–Crippen MR) is 129 cm³/mol. The average Bonchev–Trinajstić information content (AvgIpc) is 3.26. The molecule has 1 aromatic carbocycles. The molecule has 0 aliphatic rings. The van der Waals surface area contributed by atoms with E-state index < -0.39 is 5.82 Å². The molecular weight excluding hydrogens is 467 g/mol. The first-order valence-corrected chi connectivity index (χ1v) is 11.5. The van der Waals surface area contributed by atoms with Crippen molar-refractivity contribution in [3.05, 3.63) is 62.9 Å². The summed E-state index contributed by atoms with van der Waals surface area (Å²) in [7, 11) is 4.08. The number of fused-ring (bicyclic) bond motifs is 1. The number of thiazole rings is 1. The first-order valence-electron chi connectivity index (χ1n) is 10.2. The largest absolute Gasteiger partial charge is 0.486 e. The number of anilines is 1. The van der Waals surface area contributed by atoms with E-state index in [0.29, 0.717) is 33.9 Å². The van der Waals surface area contributed by atoms with Gasteiger partial charge in [-0.05, 0) is 45.3 Å². The quantitative estimate of drug-likeness (QED) is 0.341. The third kappa shape index (κ3) is 5.65. The van der Waals surface area contributed by atoms with E-state index in [2.05, 4.69) is 30.2 Å². The molecule has 8 nitrogen and oxygen atoms in total. The van der Waals surface area contributed by atoms with Gasteiger partial charge in [0.2, 0.25) is 0 Å². The fraction of sp³-hybridized carbons (Fsp3) is 0.273. The molecule has 3 aromatic heterocycles. The first kappa shape index (κ1) is 23.1. The zero-order valence-corrected chi connectivity index (χ0v) is 19.6. The molecule has 0 atom stereocenters. The van der Waals surface area contributed by atoms with Gasteiger partial charge in [-0.2, -0.15) is 0 Å². The van der Waals surface area contributed by atoms with E-state index >= 15 is 0 Å². The molecule has 0 spiro atoms. The lowest BCUT2D eigenvalue weighted by Gasteiger charge is -2.09. The molecule has 0 amide bonds. The van der Waals surface area contributed by atoms with Gasteiger partial charge in [0, 0.05) is 24.2 Å². The Bertz CT molecular complexity index is 1330. The van der Waals surface area contributed by atoms with Crippen LogP contribution in [0.2, 0.25) is 5.02 Å². The van der Waals surface area contributed by atoms with Crippen molar-refractivity contribution < 1.29 is 9.13 Å². The van der Waals surface area contributed by atoms with E-state index in [9.17, 15) is 9.18 Å². The summed E-state index contributed by atoms with van der Waals surface area (Å²) in [5.74, 6) is 0.131. The highest BCUT2D eigenvalue weighted by molar-refractivity contribution is 7.14. The number of ether oxygens (including phenoxy) is 1. The van der Waals surface area contributed by atoms with Crippen LogP contribution < -0.4 is 15.6 Å². The smallest absolute Gasteiger partial charge is 0.258 e. The second-order valence-corrected chi connectivity index (χ2v) is 8.82. The molecule has 0 saturated carbocycles. The van der Waals surface area contributed by atoms with Crippen LogP contribution in [0.15, 0.2) is 40.6 Å². The van der Waals surface area contributed by atoms with Crippen molar-refractivity contribution in [1.29, 1.82) is 0 Å². The van der Waals surface area contributed by atoms with E-state index in [1.807, 2.05) is 19.5 Å². The summed E-state index contributed by atoms with van der Waals surface area (Å²) in [6.07, 6.45) is 2.56. The predicted octanol–water partition coefficient (Wildman–Crippen LogP) is 4.18. The molecule has 0 unspecified atom stereocenters. The number of hydrogen-bond donors (Lipinski definition) is 2. The summed E-state index contributed by atoms with van der Waals surface area (Å²) < 4.78 is 19.0. The number of halogens is 2. The van der Waals surface area contributed by atoms with Gasteiger partial charge in [-0.1, -0.05) is 11.6 Å². The summed E-state index contributed by atoms with van der Waals surface area (Å²) in [5, 5.41) is 6.34. The van der Waals surface area contributed by atoms with Crippen LogP contribution in [-0.4, -0.2) is 52.0 Å². The zero-order chi connectivity index (χ0) is 23.4. The number of aromatic amines is 1. The molecule has 0 radical (unpaired) electrons. The fourth-order valence-electron chi connectivity index (χ4n) is 3.14. The Kier molecular flexibility index (Phi) is 7.17. The minimum atomic E-state index is -0.535. The Hall–Kier alpha value is -3.08. The molecule has 4 aromatic rings. The number of nitrogens with one attached hydrogen (secondary N) is 2. The van der Waals surface area contributed by atoms with Crippen LogP contribution in [0.25, 0.3) is 22.3 Å². The van der Waals surface area contributed by atoms with Gasteiger partial charge in [-0.3, -0.25) is 9.78 Å². The Morgan fingerprint density at radius 2 is 2.12 bits per heavy atom. The molecule has 4 rings (SSSR count). The summed E-state index contributed by atoms with van der Waals surface area (Å²) in [6.45, 7) is 1.76. The molecule has 11 heteroatoms. The second kappa shape index (κ2) is 10.2. The van der Waals surface area contributed by atoms with E-state index in [-0.39, 0.29) is 17.2 Å². The number of aromatic nitrogens is 4. The average molecular weight is 489 g/mol. The monoisotopic (exact) mass is 488 g/mol. The van der Waals surface area contributed by atoms with Gasteiger partial charge >= 0.3 is 0 Å². The van der Waals surface area contributed by atoms with Crippen LogP contribution in [0.5, 0.6) is 5.75 Å². The summed E-state index contributed by atoms with van der Waals surface area (Å²) in [4.78, 5) is 31.1. The van der Waals surface area contributed by atoms with E-state index in [1.54, 1.807) is 12.3 Å². The lowest BCUT2D eigenvalue weighted by atomic mass is 10.2. The molecule has 0 fully saturated rings. The van der Waals surface area contributed by atoms with Gasteiger partial charge in [-0.15, -0.1) is 11.3 Å². The van der Waals surface area contributed by atoms with Crippen LogP contribution in [0.1, 0.15) is 12.2 Å². The Balaban J connectivity index is 1.56. The zero-order valence-electron chi connectivity index (χ0n) is 18.1. The van der Waals surface area contributed by atoms with Crippen LogP contribution in [0.3, 0.4) is 0 Å². The number of pyridine rings is 1. The van der Waals surface area contributed by atoms with Crippen LogP contribution >= 0.6 is 22.9 Å². The van der Waals surface area contributed by atoms with Gasteiger partial charge in [0.25, 0.3) is 5.56 Å². The summed E-state index contributed by atoms with van der Waals surface area (Å²) >= 11 is 7.27. The normalized spacial score (nSPS) is 11.3. The maximum absolute atomic E-state index is 13.3. The Labute approximate surface area is 198 Å². The second-order valence-electron chi connectivity index (χ2n) is 7.55. The van der Waals surface area contributed by atoms with Crippen molar-refractivity contribution in [3.8, 4) is 17.1 Å². The molecule has 172 valence electrons. The van der Waals surface area contributed by atoms with Crippen molar-refractivity contribution in [3.63, 3.8) is 0 Å². The molecule has 0 aliphatic heterocycles. The van der Waals surface area contributed by atoms with E-state index in [4.69, 9.17) is 16.3 Å². The Morgan fingerprint density at radius 1 is 1.27 bits per heavy atom. The van der Waals surface area contributed by atoms with Crippen LogP contribution in [-0.2, 0) is 6.61 Å². The number of nitrogens with zero attached hydrogens (tertiary/aromatic N) is 4. The molecular formula is C22H22ClFN6O2S. The molecule has 0 aliphatic carbocycles. The van der Waals surface area contributed by atoms with Crippen LogP contribution in [0, 0.1) is 5.82 Å². The van der Waals surface area contributed by atoms with Crippen molar-refractivity contribution in [2.24, 2.45) is 0 Å². The number of H-pyrrole nitrogens is 1. The molecule has 0 bridgehead atoms. The van der Waals surface area contributed by atoms with Gasteiger partial charge in [0.05, 0.1) is 10.4 Å². The standard InChI is InChI=1S/C22H22ClFN6O2S/c1-30(2)9-3-7-26-22-27-17(12-33-22)20-19-14(6-8-25-20)21(31)29-18(28-19)11-32-13-4-5-16(24)15(23)10-13/h4-6,8,10,12H,3,7,9,11H2,1-2H3,(H,26,27)(H,28,29,31). The maximum Gasteiger partial charge on any atom is 0.258 e. The highest BCUT2D eigenvalue weighted by Gasteiger charge is 2.14. The number of hydrogen-bond acceptors (Lipinski definition) is 8. The molecule has 0 saturated heterocycles. The van der Waals surface area contributed by atoms with Gasteiger partial charge < -0.3 is 19.9 Å². The minimum absolute atomic E-state index is 0.0305. The lowest BCUT2D eigenvalue weighted by Crippen LogP contribution is -2.16. The molecule has 33 heavy (non-hydrogen) atoms. The minimum Gasteiger partial charge on any atom is -0.486 e. The third-order valence-electron chi connectivity index (χ3n) is 4.75. The van der Waals surface area contributed by atoms with Gasteiger partial charge in [0.1, 0.15) is 40.9 Å². The number of rotatable bonds is 9.